The minimum Gasteiger partial charge on any atom is -0.480 e. The molecule has 0 radical (unpaired) electrons. The molecule has 11 nitrogen and oxygen atoms in total. The smallest absolute Gasteiger partial charge is 0.322 e. The van der Waals surface area contributed by atoms with Crippen LogP contribution in [0.4, 0.5) is 5.69 Å². The number of benzene rings is 1. The van der Waals surface area contributed by atoms with Crippen LogP contribution >= 0.6 is 0 Å². The van der Waals surface area contributed by atoms with Crippen molar-refractivity contribution in [3.63, 3.8) is 0 Å². The van der Waals surface area contributed by atoms with Crippen molar-refractivity contribution in [1.29, 1.82) is 0 Å². The fourth-order valence-electron chi connectivity index (χ4n) is 2.78. The number of carbonyl (C=O) groups is 4. The number of nitrogens with zero attached hydrogens (tertiary/aromatic N) is 1. The molecule has 1 aromatic carbocycles. The zero-order valence-electron chi connectivity index (χ0n) is 18.6. The van der Waals surface area contributed by atoms with Gasteiger partial charge in [0.15, 0.2) is 0 Å². The number of rotatable bonds is 13. The van der Waals surface area contributed by atoms with Gasteiger partial charge < -0.3 is 37.0 Å². The summed E-state index contributed by atoms with van der Waals surface area (Å²) >= 11 is 0. The number of carboxylic acid groups (broad SMARTS) is 1. The summed E-state index contributed by atoms with van der Waals surface area (Å²) in [6, 6.07) is 7.00. The van der Waals surface area contributed by atoms with Gasteiger partial charge in [-0.1, -0.05) is 0 Å². The van der Waals surface area contributed by atoms with Crippen molar-refractivity contribution in [1.82, 2.24) is 20.9 Å². The Morgan fingerprint density at radius 3 is 2.22 bits per heavy atom. The molecule has 0 heterocycles. The van der Waals surface area contributed by atoms with Crippen LogP contribution in [0.25, 0.3) is 0 Å². The maximum Gasteiger partial charge on any atom is 0.322 e. The lowest BCUT2D eigenvalue weighted by molar-refractivity contribution is -0.137. The Labute approximate surface area is 187 Å². The quantitative estimate of drug-likeness (QED) is 0.223. The van der Waals surface area contributed by atoms with E-state index >= 15 is 0 Å². The molecule has 1 atom stereocenters. The van der Waals surface area contributed by atoms with E-state index in [4.69, 9.17) is 10.8 Å². The van der Waals surface area contributed by atoms with Crippen LogP contribution in [-0.2, 0) is 14.4 Å². The van der Waals surface area contributed by atoms with Gasteiger partial charge in [-0.15, -0.1) is 0 Å². The van der Waals surface area contributed by atoms with Crippen LogP contribution in [-0.4, -0.2) is 73.5 Å². The lowest BCUT2D eigenvalue weighted by Crippen LogP contribution is -2.39. The van der Waals surface area contributed by atoms with Crippen LogP contribution in [0.1, 0.15) is 30.1 Å². The molecule has 11 heteroatoms. The summed E-state index contributed by atoms with van der Waals surface area (Å²) in [5, 5.41) is 19.0. The van der Waals surface area contributed by atoms with Crippen molar-refractivity contribution in [2.45, 2.75) is 25.8 Å². The number of amides is 3. The van der Waals surface area contributed by atoms with Gasteiger partial charge in [-0.05, 0) is 37.6 Å². The molecule has 0 aromatic heterocycles. The summed E-state index contributed by atoms with van der Waals surface area (Å²) in [6.45, 7) is 1.48. The number of carbonyl (C=O) groups excluding carboxylic acids is 3. The molecule has 32 heavy (non-hydrogen) atoms. The summed E-state index contributed by atoms with van der Waals surface area (Å²) in [4.78, 5) is 47.5. The predicted molar refractivity (Wildman–Crippen MR) is 121 cm³/mol. The number of likely N-dealkylation sites (N-methyl/N-ethyl adjacent to an activating group) is 1. The highest BCUT2D eigenvalue weighted by Crippen LogP contribution is 2.14. The SMILES string of the molecule is C[C@@H](Nc1ccc(C(=O)NCCCC(=O)NCC(=O)NCC(=O)O)cc1)/C(=C/N)N(C)C. The van der Waals surface area contributed by atoms with E-state index in [2.05, 4.69) is 21.3 Å². The second-order valence-electron chi connectivity index (χ2n) is 7.24. The summed E-state index contributed by atoms with van der Waals surface area (Å²) in [7, 11) is 3.82. The maximum absolute atomic E-state index is 12.2. The average Bonchev–Trinajstić information content (AvgIpc) is 2.74. The summed E-state index contributed by atoms with van der Waals surface area (Å²) in [5.41, 5.74) is 7.93. The minimum atomic E-state index is -1.16. The number of hydrogen-bond acceptors (Lipinski definition) is 7. The van der Waals surface area contributed by atoms with E-state index in [0.717, 1.165) is 11.4 Å². The number of nitrogens with one attached hydrogen (secondary N) is 4. The molecular formula is C21H32N6O5. The zero-order chi connectivity index (χ0) is 24.1. The van der Waals surface area contributed by atoms with Crippen LogP contribution in [0.2, 0.25) is 0 Å². The Balaban J connectivity index is 2.34. The first-order chi connectivity index (χ1) is 15.1. The van der Waals surface area contributed by atoms with Crippen LogP contribution in [0.5, 0.6) is 0 Å². The van der Waals surface area contributed by atoms with E-state index < -0.39 is 18.4 Å². The van der Waals surface area contributed by atoms with Crippen LogP contribution < -0.4 is 27.0 Å². The molecule has 0 saturated carbocycles. The first-order valence-electron chi connectivity index (χ1n) is 10.1. The van der Waals surface area contributed by atoms with E-state index in [1.807, 2.05) is 25.9 Å². The number of anilines is 1. The largest absolute Gasteiger partial charge is 0.480 e. The van der Waals surface area contributed by atoms with Crippen LogP contribution in [0, 0.1) is 0 Å². The molecule has 0 aliphatic rings. The highest BCUT2D eigenvalue weighted by atomic mass is 16.4. The Morgan fingerprint density at radius 1 is 1.03 bits per heavy atom. The third-order valence-electron chi connectivity index (χ3n) is 4.41. The fraction of sp³-hybridized carbons (Fsp3) is 0.429. The molecule has 1 rings (SSSR count). The molecular weight excluding hydrogens is 416 g/mol. The predicted octanol–water partition coefficient (Wildman–Crippen LogP) is -0.324. The number of hydrogen-bond donors (Lipinski definition) is 6. The second-order valence-corrected chi connectivity index (χ2v) is 7.24. The Kier molecular flexibility index (Phi) is 11.1. The molecule has 1 aromatic rings. The summed E-state index contributed by atoms with van der Waals surface area (Å²) in [5.74, 6) is -2.37. The molecule has 0 bridgehead atoms. The van der Waals surface area contributed by atoms with Gasteiger partial charge in [0.1, 0.15) is 6.54 Å². The van der Waals surface area contributed by atoms with Gasteiger partial charge in [0, 0.05) is 44.5 Å². The van der Waals surface area contributed by atoms with Crippen molar-refractivity contribution in [3.8, 4) is 0 Å². The van der Waals surface area contributed by atoms with Crippen molar-refractivity contribution in [2.24, 2.45) is 5.73 Å². The van der Waals surface area contributed by atoms with Gasteiger partial charge in [-0.3, -0.25) is 19.2 Å². The highest BCUT2D eigenvalue weighted by Gasteiger charge is 2.11. The third-order valence-corrected chi connectivity index (χ3v) is 4.41. The van der Waals surface area contributed by atoms with Crippen molar-refractivity contribution < 1.29 is 24.3 Å². The molecule has 0 fully saturated rings. The fourth-order valence-corrected chi connectivity index (χ4v) is 2.78. The molecule has 176 valence electrons. The molecule has 0 spiro atoms. The van der Waals surface area contributed by atoms with Crippen LogP contribution in [0.3, 0.4) is 0 Å². The highest BCUT2D eigenvalue weighted by molar-refractivity contribution is 5.94. The van der Waals surface area contributed by atoms with Crippen LogP contribution in [0.15, 0.2) is 36.2 Å². The topological polar surface area (TPSA) is 166 Å². The molecule has 0 aliphatic heterocycles. The standard InChI is InChI=1S/C21H32N6O5/c1-14(17(11-22)27(2)3)26-16-8-6-15(7-9-16)21(32)23-10-4-5-18(28)24-12-19(29)25-13-20(30)31/h6-9,11,14,26H,4-5,10,12-13,22H2,1-3H3,(H,23,32)(H,24,28)(H,25,29)(H,30,31)/b17-11-/t14-/m1/s1. The van der Waals surface area contributed by atoms with Gasteiger partial charge in [0.2, 0.25) is 11.8 Å². The first kappa shape index (κ1) is 26.3. The second kappa shape index (κ2) is 13.5. The first-order valence-corrected chi connectivity index (χ1v) is 10.1. The molecule has 0 aliphatic carbocycles. The number of nitrogens with two attached hydrogens (primary N) is 1. The van der Waals surface area contributed by atoms with Gasteiger partial charge >= 0.3 is 5.97 Å². The van der Waals surface area contributed by atoms with Crippen molar-refractivity contribution >= 4 is 29.4 Å². The van der Waals surface area contributed by atoms with E-state index in [1.165, 1.54) is 0 Å². The average molecular weight is 449 g/mol. The maximum atomic E-state index is 12.2. The van der Waals surface area contributed by atoms with E-state index in [9.17, 15) is 19.2 Å². The van der Waals surface area contributed by atoms with Gasteiger partial charge in [-0.2, -0.15) is 0 Å². The monoisotopic (exact) mass is 448 g/mol. The summed E-state index contributed by atoms with van der Waals surface area (Å²) in [6.07, 6.45) is 2.06. The third kappa shape index (κ3) is 9.83. The van der Waals surface area contributed by atoms with Gasteiger partial charge in [0.25, 0.3) is 5.91 Å². The van der Waals surface area contributed by atoms with Crippen molar-refractivity contribution in [2.75, 3.05) is 39.0 Å². The minimum absolute atomic E-state index is 0.0101. The Hall–Kier alpha value is -3.76. The zero-order valence-corrected chi connectivity index (χ0v) is 18.6. The van der Waals surface area contributed by atoms with Crippen molar-refractivity contribution in [3.05, 3.63) is 41.7 Å². The molecule has 0 saturated heterocycles. The summed E-state index contributed by atoms with van der Waals surface area (Å²) < 4.78 is 0. The number of aliphatic carboxylic acids is 1. The van der Waals surface area contributed by atoms with E-state index in [-0.39, 0.29) is 30.8 Å². The Bertz CT molecular complexity index is 822. The molecule has 0 unspecified atom stereocenters. The number of carboxylic acids is 1. The van der Waals surface area contributed by atoms with E-state index in [0.29, 0.717) is 18.5 Å². The molecule has 7 N–H and O–H groups in total. The van der Waals surface area contributed by atoms with Gasteiger partial charge in [-0.25, -0.2) is 0 Å². The lowest BCUT2D eigenvalue weighted by Gasteiger charge is -2.24. The van der Waals surface area contributed by atoms with Gasteiger partial charge in [0.05, 0.1) is 18.3 Å². The lowest BCUT2D eigenvalue weighted by atomic mass is 10.1. The van der Waals surface area contributed by atoms with E-state index in [1.54, 1.807) is 30.5 Å². The normalized spacial score (nSPS) is 11.8. The molecule has 3 amide bonds. The Morgan fingerprint density at radius 2 is 1.66 bits per heavy atom.